The molecule has 6 nitrogen and oxygen atoms in total. The van der Waals surface area contributed by atoms with Crippen LogP contribution < -0.4 is 0 Å². The standard InChI is InChI=1S/C10H17NO5S/c1-3-6-16-10(13)11-5-4-8(12)9(7-11)17(2,14)15/h9H,3-7H2,1-2H3. The summed E-state index contributed by atoms with van der Waals surface area (Å²) in [6.07, 6.45) is 1.23. The van der Waals surface area contributed by atoms with Crippen molar-refractivity contribution in [3.8, 4) is 0 Å². The van der Waals surface area contributed by atoms with Crippen LogP contribution >= 0.6 is 0 Å². The van der Waals surface area contributed by atoms with E-state index < -0.39 is 21.2 Å². The van der Waals surface area contributed by atoms with Crippen molar-refractivity contribution in [2.75, 3.05) is 26.0 Å². The van der Waals surface area contributed by atoms with Crippen molar-refractivity contribution in [2.24, 2.45) is 0 Å². The molecule has 0 aromatic carbocycles. The van der Waals surface area contributed by atoms with E-state index in [4.69, 9.17) is 4.74 Å². The van der Waals surface area contributed by atoms with E-state index in [1.807, 2.05) is 6.92 Å². The zero-order valence-corrected chi connectivity index (χ0v) is 10.8. The molecule has 0 saturated carbocycles. The van der Waals surface area contributed by atoms with Crippen LogP contribution in [0.3, 0.4) is 0 Å². The molecule has 0 N–H and O–H groups in total. The van der Waals surface area contributed by atoms with Crippen molar-refractivity contribution in [2.45, 2.75) is 25.0 Å². The summed E-state index contributed by atoms with van der Waals surface area (Å²) in [5, 5.41) is -1.11. The highest BCUT2D eigenvalue weighted by Gasteiger charge is 2.36. The lowest BCUT2D eigenvalue weighted by atomic mass is 10.1. The number of likely N-dealkylation sites (tertiary alicyclic amines) is 1. The lowest BCUT2D eigenvalue weighted by molar-refractivity contribution is -0.120. The van der Waals surface area contributed by atoms with Gasteiger partial charge in [0.15, 0.2) is 15.6 Å². The summed E-state index contributed by atoms with van der Waals surface area (Å²) in [7, 11) is -3.46. The third kappa shape index (κ3) is 3.69. The Morgan fingerprint density at radius 3 is 2.71 bits per heavy atom. The summed E-state index contributed by atoms with van der Waals surface area (Å²) in [4.78, 5) is 24.3. The van der Waals surface area contributed by atoms with Gasteiger partial charge in [0.1, 0.15) is 5.25 Å². The maximum Gasteiger partial charge on any atom is 0.409 e. The number of hydrogen-bond acceptors (Lipinski definition) is 5. The first-order chi connectivity index (χ1) is 7.86. The maximum absolute atomic E-state index is 11.5. The fourth-order valence-electron chi connectivity index (χ4n) is 1.62. The second kappa shape index (κ2) is 5.48. The van der Waals surface area contributed by atoms with Crippen LogP contribution in [0.1, 0.15) is 19.8 Å². The third-order valence-corrected chi connectivity index (χ3v) is 4.02. The second-order valence-electron chi connectivity index (χ2n) is 4.09. The molecule has 1 heterocycles. The SMILES string of the molecule is CCCOC(=O)N1CCC(=O)C(S(C)(=O)=O)C1. The zero-order chi connectivity index (χ0) is 13.1. The average molecular weight is 263 g/mol. The Morgan fingerprint density at radius 1 is 1.53 bits per heavy atom. The van der Waals surface area contributed by atoms with Crippen LogP contribution in [-0.2, 0) is 19.4 Å². The Labute approximate surface area is 101 Å². The Balaban J connectivity index is 2.68. The van der Waals surface area contributed by atoms with E-state index in [0.717, 1.165) is 6.26 Å². The molecular formula is C10H17NO5S. The first kappa shape index (κ1) is 14.0. The number of hydrogen-bond donors (Lipinski definition) is 0. The molecular weight excluding hydrogens is 246 g/mol. The number of ketones is 1. The number of sulfone groups is 1. The molecule has 7 heteroatoms. The van der Waals surface area contributed by atoms with Gasteiger partial charge in [0, 0.05) is 25.8 Å². The number of rotatable bonds is 3. The molecule has 0 bridgehead atoms. The molecule has 0 radical (unpaired) electrons. The van der Waals surface area contributed by atoms with E-state index in [1.165, 1.54) is 4.90 Å². The molecule has 1 aliphatic heterocycles. The number of carbonyl (C=O) groups excluding carboxylic acids is 2. The smallest absolute Gasteiger partial charge is 0.409 e. The van der Waals surface area contributed by atoms with Crippen molar-refractivity contribution in [1.29, 1.82) is 0 Å². The highest BCUT2D eigenvalue weighted by atomic mass is 32.2. The van der Waals surface area contributed by atoms with E-state index in [0.29, 0.717) is 13.0 Å². The van der Waals surface area contributed by atoms with Gasteiger partial charge in [0.25, 0.3) is 0 Å². The number of nitrogens with zero attached hydrogens (tertiary/aromatic N) is 1. The maximum atomic E-state index is 11.5. The molecule has 0 aliphatic carbocycles. The van der Waals surface area contributed by atoms with E-state index in [9.17, 15) is 18.0 Å². The molecule has 0 aromatic heterocycles. The van der Waals surface area contributed by atoms with Gasteiger partial charge in [-0.1, -0.05) is 6.92 Å². The third-order valence-electron chi connectivity index (χ3n) is 2.58. The Bertz CT molecular complexity index is 403. The minimum absolute atomic E-state index is 0.0684. The van der Waals surface area contributed by atoms with Crippen LogP contribution in [0.4, 0.5) is 4.79 Å². The molecule has 98 valence electrons. The van der Waals surface area contributed by atoms with Crippen molar-refractivity contribution >= 4 is 21.7 Å². The fourth-order valence-corrected chi connectivity index (χ4v) is 2.67. The van der Waals surface area contributed by atoms with Crippen LogP contribution in [0.2, 0.25) is 0 Å². The molecule has 1 aliphatic rings. The molecule has 1 rings (SSSR count). The van der Waals surface area contributed by atoms with E-state index in [-0.39, 0.29) is 25.3 Å². The van der Waals surface area contributed by atoms with Gasteiger partial charge in [0.2, 0.25) is 0 Å². The van der Waals surface area contributed by atoms with Gasteiger partial charge in [0.05, 0.1) is 6.61 Å². The van der Waals surface area contributed by atoms with Gasteiger partial charge in [-0.25, -0.2) is 13.2 Å². The Morgan fingerprint density at radius 2 is 2.18 bits per heavy atom. The minimum atomic E-state index is -3.46. The molecule has 0 spiro atoms. The van der Waals surface area contributed by atoms with E-state index >= 15 is 0 Å². The van der Waals surface area contributed by atoms with Crippen LogP contribution in [-0.4, -0.2) is 56.4 Å². The average Bonchev–Trinajstić information content (AvgIpc) is 2.25. The number of amides is 1. The van der Waals surface area contributed by atoms with Gasteiger partial charge in [-0.05, 0) is 6.42 Å². The van der Waals surface area contributed by atoms with Crippen LogP contribution in [0.25, 0.3) is 0 Å². The fraction of sp³-hybridized carbons (Fsp3) is 0.800. The van der Waals surface area contributed by atoms with Crippen molar-refractivity contribution in [3.63, 3.8) is 0 Å². The van der Waals surface area contributed by atoms with Crippen molar-refractivity contribution < 1.29 is 22.7 Å². The predicted molar refractivity (Wildman–Crippen MR) is 61.5 cm³/mol. The Kier molecular flexibility index (Phi) is 4.50. The lowest BCUT2D eigenvalue weighted by Crippen LogP contribution is -2.50. The second-order valence-corrected chi connectivity index (χ2v) is 6.32. The van der Waals surface area contributed by atoms with E-state index in [2.05, 4.69) is 0 Å². The summed E-state index contributed by atoms with van der Waals surface area (Å²) < 4.78 is 27.7. The number of ether oxygens (including phenoxy) is 1. The van der Waals surface area contributed by atoms with Crippen LogP contribution in [0.15, 0.2) is 0 Å². The molecule has 1 unspecified atom stereocenters. The molecule has 1 fully saturated rings. The zero-order valence-electron chi connectivity index (χ0n) is 10.0. The number of piperidine rings is 1. The van der Waals surface area contributed by atoms with Gasteiger partial charge >= 0.3 is 6.09 Å². The summed E-state index contributed by atoms with van der Waals surface area (Å²) >= 11 is 0. The van der Waals surface area contributed by atoms with Gasteiger partial charge in [-0.3, -0.25) is 4.79 Å². The summed E-state index contributed by atoms with van der Waals surface area (Å²) in [5.41, 5.74) is 0. The first-order valence-electron chi connectivity index (χ1n) is 5.49. The van der Waals surface area contributed by atoms with Gasteiger partial charge < -0.3 is 9.64 Å². The molecule has 0 aromatic rings. The monoisotopic (exact) mass is 263 g/mol. The minimum Gasteiger partial charge on any atom is -0.449 e. The summed E-state index contributed by atoms with van der Waals surface area (Å²) in [6.45, 7) is 2.30. The molecule has 1 saturated heterocycles. The van der Waals surface area contributed by atoms with Crippen LogP contribution in [0, 0.1) is 0 Å². The first-order valence-corrected chi connectivity index (χ1v) is 7.45. The molecule has 17 heavy (non-hydrogen) atoms. The quantitative estimate of drug-likeness (QED) is 0.727. The topological polar surface area (TPSA) is 80.8 Å². The Hall–Kier alpha value is -1.11. The summed E-state index contributed by atoms with van der Waals surface area (Å²) in [5.74, 6) is -0.327. The largest absolute Gasteiger partial charge is 0.449 e. The number of carbonyl (C=O) groups is 2. The van der Waals surface area contributed by atoms with Gasteiger partial charge in [-0.15, -0.1) is 0 Å². The van der Waals surface area contributed by atoms with Gasteiger partial charge in [-0.2, -0.15) is 0 Å². The lowest BCUT2D eigenvalue weighted by Gasteiger charge is -2.29. The van der Waals surface area contributed by atoms with Crippen molar-refractivity contribution in [3.05, 3.63) is 0 Å². The summed E-state index contributed by atoms with van der Waals surface area (Å²) in [6, 6.07) is 0. The van der Waals surface area contributed by atoms with E-state index in [1.54, 1.807) is 0 Å². The molecule has 1 atom stereocenters. The highest BCUT2D eigenvalue weighted by molar-refractivity contribution is 7.92. The normalized spacial score (nSPS) is 21.4. The van der Waals surface area contributed by atoms with Crippen molar-refractivity contribution in [1.82, 2.24) is 4.90 Å². The highest BCUT2D eigenvalue weighted by Crippen LogP contribution is 2.14. The predicted octanol–water partition coefficient (Wildman–Crippen LogP) is 0.221. The molecule has 1 amide bonds. The van der Waals surface area contributed by atoms with Crippen LogP contribution in [0.5, 0.6) is 0 Å². The number of Topliss-reactive ketones (excluding diaryl/α,β-unsaturated/α-hetero) is 1.